The van der Waals surface area contributed by atoms with Gasteiger partial charge >= 0.3 is 6.09 Å². The molecule has 1 heterocycles. The third kappa shape index (κ3) is 3.98. The Morgan fingerprint density at radius 2 is 1.90 bits per heavy atom. The van der Waals surface area contributed by atoms with E-state index < -0.39 is 6.09 Å². The van der Waals surface area contributed by atoms with Crippen LogP contribution in [0.4, 0.5) is 16.2 Å². The number of hydrogen-bond donors (Lipinski definition) is 3. The summed E-state index contributed by atoms with van der Waals surface area (Å²) in [6, 6.07) is 7.47. The molecule has 0 aliphatic rings. The highest BCUT2D eigenvalue weighted by molar-refractivity contribution is 5.84. The molecule has 0 saturated heterocycles. The van der Waals surface area contributed by atoms with Crippen LogP contribution in [0.2, 0.25) is 0 Å². The Bertz CT molecular complexity index is 585. The molecule has 1 aromatic heterocycles. The fourth-order valence-corrected chi connectivity index (χ4v) is 1.98. The Hall–Kier alpha value is -2.50. The van der Waals surface area contributed by atoms with Crippen molar-refractivity contribution in [1.29, 1.82) is 0 Å². The lowest BCUT2D eigenvalue weighted by Gasteiger charge is -2.09. The van der Waals surface area contributed by atoms with Crippen LogP contribution in [0.3, 0.4) is 0 Å². The second kappa shape index (κ2) is 6.78. The number of aromatic nitrogens is 2. The number of anilines is 2. The Labute approximate surface area is 123 Å². The van der Waals surface area contributed by atoms with Crippen molar-refractivity contribution in [2.75, 3.05) is 17.2 Å². The monoisotopic (exact) mass is 288 g/mol. The van der Waals surface area contributed by atoms with Crippen molar-refractivity contribution in [3.05, 3.63) is 41.2 Å². The van der Waals surface area contributed by atoms with Gasteiger partial charge in [0.25, 0.3) is 0 Å². The molecule has 6 nitrogen and oxygen atoms in total. The molecular formula is C15H20N4O2. The van der Waals surface area contributed by atoms with E-state index in [-0.39, 0.29) is 0 Å². The van der Waals surface area contributed by atoms with Crippen molar-refractivity contribution in [3.63, 3.8) is 0 Å². The number of ether oxygens (including phenoxy) is 1. The number of aryl methyl sites for hydroxylation is 2. The van der Waals surface area contributed by atoms with Crippen molar-refractivity contribution in [2.45, 2.75) is 27.3 Å². The quantitative estimate of drug-likeness (QED) is 0.789. The minimum atomic E-state index is -0.442. The van der Waals surface area contributed by atoms with E-state index in [2.05, 4.69) is 20.8 Å². The average molecular weight is 288 g/mol. The first kappa shape index (κ1) is 14.9. The van der Waals surface area contributed by atoms with Gasteiger partial charge in [-0.3, -0.25) is 10.4 Å². The van der Waals surface area contributed by atoms with E-state index in [1.54, 1.807) is 6.92 Å². The molecular weight excluding hydrogens is 268 g/mol. The van der Waals surface area contributed by atoms with Crippen LogP contribution < -0.4 is 10.6 Å². The first-order valence-electron chi connectivity index (χ1n) is 6.88. The second-order valence-electron chi connectivity index (χ2n) is 4.69. The number of nitrogens with one attached hydrogen (secondary N) is 3. The standard InChI is InChI=1S/C15H20N4O2/c1-4-21-15(20)17-13-7-5-12(6-8-13)16-9-14-10(2)18-19-11(14)3/h5-8,16H,4,9H2,1-3H3,(H,17,20)(H,18,19). The van der Waals surface area contributed by atoms with Gasteiger partial charge in [0.2, 0.25) is 0 Å². The number of nitrogens with zero attached hydrogens (tertiary/aromatic N) is 1. The number of carbonyl (C=O) groups excluding carboxylic acids is 1. The van der Waals surface area contributed by atoms with Gasteiger partial charge in [-0.2, -0.15) is 5.10 Å². The zero-order chi connectivity index (χ0) is 15.2. The minimum absolute atomic E-state index is 0.356. The van der Waals surface area contributed by atoms with Gasteiger partial charge in [0.1, 0.15) is 0 Å². The van der Waals surface area contributed by atoms with E-state index in [9.17, 15) is 4.79 Å². The highest BCUT2D eigenvalue weighted by atomic mass is 16.5. The minimum Gasteiger partial charge on any atom is -0.450 e. The van der Waals surface area contributed by atoms with Gasteiger partial charge in [-0.15, -0.1) is 0 Å². The van der Waals surface area contributed by atoms with Crippen LogP contribution in [0, 0.1) is 13.8 Å². The van der Waals surface area contributed by atoms with E-state index in [0.717, 1.165) is 17.1 Å². The maximum absolute atomic E-state index is 11.3. The fraction of sp³-hybridized carbons (Fsp3) is 0.333. The van der Waals surface area contributed by atoms with Crippen LogP contribution in [-0.2, 0) is 11.3 Å². The molecule has 2 rings (SSSR count). The number of hydrogen-bond acceptors (Lipinski definition) is 4. The Morgan fingerprint density at radius 3 is 2.48 bits per heavy atom. The van der Waals surface area contributed by atoms with Gasteiger partial charge in [0, 0.05) is 29.2 Å². The first-order valence-corrected chi connectivity index (χ1v) is 6.88. The molecule has 0 saturated carbocycles. The Kier molecular flexibility index (Phi) is 4.81. The van der Waals surface area contributed by atoms with Crippen LogP contribution in [0.5, 0.6) is 0 Å². The SMILES string of the molecule is CCOC(=O)Nc1ccc(NCc2c(C)n[nH]c2C)cc1. The molecule has 0 radical (unpaired) electrons. The summed E-state index contributed by atoms with van der Waals surface area (Å²) in [6.07, 6.45) is -0.442. The zero-order valence-electron chi connectivity index (χ0n) is 12.5. The van der Waals surface area contributed by atoms with Crippen LogP contribution >= 0.6 is 0 Å². The summed E-state index contributed by atoms with van der Waals surface area (Å²) in [7, 11) is 0. The molecule has 1 aromatic carbocycles. The summed E-state index contributed by atoms with van der Waals surface area (Å²) in [5.41, 5.74) is 4.92. The number of benzene rings is 1. The third-order valence-corrected chi connectivity index (χ3v) is 3.16. The van der Waals surface area contributed by atoms with Crippen molar-refractivity contribution in [1.82, 2.24) is 10.2 Å². The van der Waals surface area contributed by atoms with Crippen LogP contribution in [0.25, 0.3) is 0 Å². The van der Waals surface area contributed by atoms with Crippen molar-refractivity contribution in [2.24, 2.45) is 0 Å². The van der Waals surface area contributed by atoms with Crippen LogP contribution in [-0.4, -0.2) is 22.9 Å². The molecule has 112 valence electrons. The van der Waals surface area contributed by atoms with E-state index >= 15 is 0 Å². The highest BCUT2D eigenvalue weighted by Crippen LogP contribution is 2.16. The molecule has 1 amide bonds. The predicted molar refractivity (Wildman–Crippen MR) is 82.5 cm³/mol. The molecule has 6 heteroatoms. The van der Waals surface area contributed by atoms with E-state index in [1.807, 2.05) is 38.1 Å². The maximum Gasteiger partial charge on any atom is 0.411 e. The fourth-order valence-electron chi connectivity index (χ4n) is 1.98. The largest absolute Gasteiger partial charge is 0.450 e. The molecule has 0 aliphatic carbocycles. The zero-order valence-corrected chi connectivity index (χ0v) is 12.5. The molecule has 0 atom stereocenters. The van der Waals surface area contributed by atoms with Crippen molar-refractivity contribution in [3.8, 4) is 0 Å². The van der Waals surface area contributed by atoms with Gasteiger partial charge in [-0.05, 0) is 45.0 Å². The Morgan fingerprint density at radius 1 is 1.24 bits per heavy atom. The number of rotatable bonds is 5. The smallest absolute Gasteiger partial charge is 0.411 e. The average Bonchev–Trinajstić information content (AvgIpc) is 2.78. The topological polar surface area (TPSA) is 79.0 Å². The lowest BCUT2D eigenvalue weighted by atomic mass is 10.2. The molecule has 0 spiro atoms. The molecule has 0 aliphatic heterocycles. The van der Waals surface area contributed by atoms with Gasteiger partial charge < -0.3 is 10.1 Å². The van der Waals surface area contributed by atoms with Crippen molar-refractivity contribution < 1.29 is 9.53 Å². The Balaban J connectivity index is 1.92. The maximum atomic E-state index is 11.3. The highest BCUT2D eigenvalue weighted by Gasteiger charge is 2.06. The lowest BCUT2D eigenvalue weighted by molar-refractivity contribution is 0.168. The summed E-state index contributed by atoms with van der Waals surface area (Å²) in [6.45, 7) is 6.82. The molecule has 0 unspecified atom stereocenters. The number of H-pyrrole nitrogens is 1. The van der Waals surface area contributed by atoms with E-state index in [0.29, 0.717) is 18.8 Å². The lowest BCUT2D eigenvalue weighted by Crippen LogP contribution is -2.13. The summed E-state index contributed by atoms with van der Waals surface area (Å²) in [5, 5.41) is 13.1. The van der Waals surface area contributed by atoms with Gasteiger partial charge in [-0.1, -0.05) is 0 Å². The van der Waals surface area contributed by atoms with E-state index in [4.69, 9.17) is 4.74 Å². The number of aromatic amines is 1. The van der Waals surface area contributed by atoms with E-state index in [1.165, 1.54) is 5.56 Å². The second-order valence-corrected chi connectivity index (χ2v) is 4.69. The number of amides is 1. The van der Waals surface area contributed by atoms with Gasteiger partial charge in [0.15, 0.2) is 0 Å². The molecule has 0 bridgehead atoms. The van der Waals surface area contributed by atoms with Crippen molar-refractivity contribution >= 4 is 17.5 Å². The summed E-state index contributed by atoms with van der Waals surface area (Å²) in [5.74, 6) is 0. The number of carbonyl (C=O) groups is 1. The summed E-state index contributed by atoms with van der Waals surface area (Å²) < 4.78 is 4.82. The summed E-state index contributed by atoms with van der Waals surface area (Å²) in [4.78, 5) is 11.3. The van der Waals surface area contributed by atoms with Crippen LogP contribution in [0.15, 0.2) is 24.3 Å². The van der Waals surface area contributed by atoms with Crippen LogP contribution in [0.1, 0.15) is 23.9 Å². The molecule has 3 N–H and O–H groups in total. The van der Waals surface area contributed by atoms with Gasteiger partial charge in [0.05, 0.1) is 12.3 Å². The third-order valence-electron chi connectivity index (χ3n) is 3.16. The molecule has 0 fully saturated rings. The molecule has 21 heavy (non-hydrogen) atoms. The summed E-state index contributed by atoms with van der Waals surface area (Å²) >= 11 is 0. The predicted octanol–water partition coefficient (Wildman–Crippen LogP) is 3.21. The van der Waals surface area contributed by atoms with Gasteiger partial charge in [-0.25, -0.2) is 4.79 Å². The normalized spacial score (nSPS) is 10.2. The molecule has 2 aromatic rings. The first-order chi connectivity index (χ1) is 10.1.